The topological polar surface area (TPSA) is 76.9 Å². The largest absolute Gasteiger partial charge is 0.473 e. The molecule has 0 aliphatic heterocycles. The van der Waals surface area contributed by atoms with Crippen LogP contribution in [0, 0.1) is 17.3 Å². The zero-order valence-corrected chi connectivity index (χ0v) is 24.4. The molecule has 0 aliphatic rings. The molecule has 1 N–H and O–H groups in total. The number of ether oxygens (including phenoxy) is 1. The molecule has 0 fully saturated rings. The molecular weight excluding hydrogens is 497 g/mol. The van der Waals surface area contributed by atoms with Gasteiger partial charge < -0.3 is 24.1 Å². The lowest BCUT2D eigenvalue weighted by molar-refractivity contribution is 0.0222. The van der Waals surface area contributed by atoms with Crippen molar-refractivity contribution in [1.82, 2.24) is 9.88 Å². The molecule has 2 rings (SSSR count). The summed E-state index contributed by atoms with van der Waals surface area (Å²) in [5.74, 6) is 7.02. The van der Waals surface area contributed by atoms with Gasteiger partial charge in [-0.15, -0.1) is 0 Å². The van der Waals surface area contributed by atoms with Crippen LogP contribution in [0.5, 0.6) is 5.88 Å². The number of hydrogen-bond donors (Lipinski definition) is 1. The maximum Gasteiger partial charge on any atom is 0.335 e. The normalized spacial score (nSPS) is 12.4. The molecule has 1 aromatic carbocycles. The van der Waals surface area contributed by atoms with Crippen molar-refractivity contribution in [2.24, 2.45) is 0 Å². The first-order valence-electron chi connectivity index (χ1n) is 12.4. The molecule has 0 spiro atoms. The van der Waals surface area contributed by atoms with Crippen LogP contribution in [-0.2, 0) is 26.6 Å². The maximum atomic E-state index is 7.33. The summed E-state index contributed by atoms with van der Waals surface area (Å²) in [5, 5.41) is 7.33. The summed E-state index contributed by atoms with van der Waals surface area (Å²) in [6.07, 6.45) is 8.86. The van der Waals surface area contributed by atoms with Gasteiger partial charge in [-0.2, -0.15) is 0 Å². The zero-order chi connectivity index (χ0) is 28.0. The molecule has 0 atom stereocenters. The molecule has 0 amide bonds. The Kier molecular flexibility index (Phi) is 12.7. The van der Waals surface area contributed by atoms with Gasteiger partial charge in [-0.1, -0.05) is 42.2 Å². The van der Waals surface area contributed by atoms with Crippen molar-refractivity contribution in [1.29, 1.82) is 5.41 Å². The molecule has 204 valence electrons. The minimum absolute atomic E-state index is 0.267. The van der Waals surface area contributed by atoms with Crippen LogP contribution < -0.4 is 4.74 Å². The Hall–Kier alpha value is -3.01. The molecule has 0 saturated heterocycles. The van der Waals surface area contributed by atoms with E-state index in [1.165, 1.54) is 6.21 Å². The summed E-state index contributed by atoms with van der Waals surface area (Å²) in [4.78, 5) is 6.05. The van der Waals surface area contributed by atoms with Crippen molar-refractivity contribution in [3.05, 3.63) is 83.7 Å². The number of benzene rings is 1. The number of nitrogens with zero attached hydrogens (tertiary/aromatic N) is 2. The molecule has 7 nitrogen and oxygen atoms in total. The fourth-order valence-corrected chi connectivity index (χ4v) is 4.11. The molecule has 1 aromatic heterocycles. The average Bonchev–Trinajstić information content (AvgIpc) is 2.84. The number of rotatable bonds is 12. The molecule has 0 aliphatic carbocycles. The fourth-order valence-electron chi connectivity index (χ4n) is 2.79. The van der Waals surface area contributed by atoms with Gasteiger partial charge >= 0.3 is 8.60 Å². The SMILES string of the molecule is CN(/C=C(C#CCc1ccc(COc2ccccn2)cc1)\C=C/C=N)COP(OC(C)(C)C)OC(C)(C)C. The van der Waals surface area contributed by atoms with Crippen LogP contribution in [-0.4, -0.2) is 41.1 Å². The Morgan fingerprint density at radius 1 is 1.00 bits per heavy atom. The van der Waals surface area contributed by atoms with E-state index in [4.69, 9.17) is 23.7 Å². The Morgan fingerprint density at radius 2 is 1.66 bits per heavy atom. The zero-order valence-electron chi connectivity index (χ0n) is 23.5. The van der Waals surface area contributed by atoms with E-state index in [0.717, 1.165) is 16.7 Å². The van der Waals surface area contributed by atoms with Crippen molar-refractivity contribution >= 4 is 14.8 Å². The van der Waals surface area contributed by atoms with Gasteiger partial charge in [0.25, 0.3) is 0 Å². The van der Waals surface area contributed by atoms with E-state index < -0.39 is 8.60 Å². The van der Waals surface area contributed by atoms with Gasteiger partial charge in [0, 0.05) is 43.7 Å². The highest BCUT2D eigenvalue weighted by molar-refractivity contribution is 7.41. The second-order valence-electron chi connectivity index (χ2n) is 10.5. The molecule has 38 heavy (non-hydrogen) atoms. The maximum absolute atomic E-state index is 7.33. The van der Waals surface area contributed by atoms with Gasteiger partial charge in [-0.3, -0.25) is 4.52 Å². The van der Waals surface area contributed by atoms with E-state index in [9.17, 15) is 0 Å². The lowest BCUT2D eigenvalue weighted by Gasteiger charge is -2.31. The third-order valence-electron chi connectivity index (χ3n) is 4.37. The number of aromatic nitrogens is 1. The van der Waals surface area contributed by atoms with Crippen LogP contribution in [0.15, 0.2) is 72.6 Å². The number of allylic oxidation sites excluding steroid dienone is 3. The molecule has 0 bridgehead atoms. The number of pyridine rings is 1. The van der Waals surface area contributed by atoms with Crippen LogP contribution in [0.1, 0.15) is 52.7 Å². The molecule has 8 heteroatoms. The van der Waals surface area contributed by atoms with E-state index in [1.807, 2.05) is 90.0 Å². The first kappa shape index (κ1) is 31.2. The van der Waals surface area contributed by atoms with Crippen LogP contribution in [0.25, 0.3) is 0 Å². The van der Waals surface area contributed by atoms with Crippen molar-refractivity contribution in [3.63, 3.8) is 0 Å². The smallest absolute Gasteiger partial charge is 0.335 e. The first-order valence-corrected chi connectivity index (χ1v) is 13.5. The van der Waals surface area contributed by atoms with Crippen molar-refractivity contribution in [3.8, 4) is 17.7 Å². The Labute approximate surface area is 229 Å². The second-order valence-corrected chi connectivity index (χ2v) is 11.6. The highest BCUT2D eigenvalue weighted by atomic mass is 31.2. The van der Waals surface area contributed by atoms with E-state index in [1.54, 1.807) is 18.3 Å². The predicted octanol–water partition coefficient (Wildman–Crippen LogP) is 7.06. The highest BCUT2D eigenvalue weighted by Crippen LogP contribution is 2.47. The van der Waals surface area contributed by atoms with Gasteiger partial charge in [0.1, 0.15) is 13.3 Å². The summed E-state index contributed by atoms with van der Waals surface area (Å²) in [7, 11) is 0.357. The van der Waals surface area contributed by atoms with Crippen molar-refractivity contribution in [2.75, 3.05) is 13.8 Å². The summed E-state index contributed by atoms with van der Waals surface area (Å²) < 4.78 is 23.6. The molecule has 1 heterocycles. The lowest BCUT2D eigenvalue weighted by Crippen LogP contribution is -2.24. The van der Waals surface area contributed by atoms with E-state index in [0.29, 0.717) is 18.9 Å². The molecule has 0 radical (unpaired) electrons. The Bertz CT molecular complexity index is 1090. The van der Waals surface area contributed by atoms with Crippen molar-refractivity contribution in [2.45, 2.75) is 65.8 Å². The van der Waals surface area contributed by atoms with Crippen molar-refractivity contribution < 1.29 is 18.3 Å². The van der Waals surface area contributed by atoms with Gasteiger partial charge in [0.15, 0.2) is 0 Å². The molecule has 0 saturated carbocycles. The Morgan fingerprint density at radius 3 is 2.24 bits per heavy atom. The first-order chi connectivity index (χ1) is 17.9. The second kappa shape index (κ2) is 15.4. The van der Waals surface area contributed by atoms with Crippen LogP contribution in [0.3, 0.4) is 0 Å². The summed E-state index contributed by atoms with van der Waals surface area (Å²) in [6.45, 7) is 12.6. The number of hydrogen-bond acceptors (Lipinski definition) is 7. The van der Waals surface area contributed by atoms with Crippen LogP contribution in [0.4, 0.5) is 0 Å². The van der Waals surface area contributed by atoms with E-state index in [2.05, 4.69) is 29.0 Å². The fraction of sp³-hybridized carbons (Fsp3) is 0.400. The van der Waals surface area contributed by atoms with Gasteiger partial charge in [-0.25, -0.2) is 4.98 Å². The monoisotopic (exact) mass is 537 g/mol. The minimum Gasteiger partial charge on any atom is -0.473 e. The molecule has 2 aromatic rings. The predicted molar refractivity (Wildman–Crippen MR) is 155 cm³/mol. The van der Waals surface area contributed by atoms with Gasteiger partial charge in [0.05, 0.1) is 11.2 Å². The molecular formula is C30H40N3O4P. The average molecular weight is 538 g/mol. The van der Waals surface area contributed by atoms with Gasteiger partial charge in [0.2, 0.25) is 5.88 Å². The highest BCUT2D eigenvalue weighted by Gasteiger charge is 2.27. The summed E-state index contributed by atoms with van der Waals surface area (Å²) >= 11 is 0. The van der Waals surface area contributed by atoms with E-state index >= 15 is 0 Å². The Balaban J connectivity index is 1.97. The molecule has 0 unspecified atom stereocenters. The number of nitrogens with one attached hydrogen (secondary N) is 1. The van der Waals surface area contributed by atoms with Gasteiger partial charge in [-0.05, 0) is 70.9 Å². The van der Waals surface area contributed by atoms with Crippen LogP contribution in [0.2, 0.25) is 0 Å². The standard InChI is InChI=1S/C30H40N3O4P/c1-29(2,3)36-38(37-30(4,5)6)35-24-33(7)22-26(14-11-20-31)13-10-12-25-16-18-27(19-17-25)23-34-28-15-8-9-21-32-28/h8-9,11,14-22,31H,12,23-24H2,1-7H3/b14-11-,26-22-,31-20?. The van der Waals surface area contributed by atoms with Crippen LogP contribution >= 0.6 is 8.60 Å². The van der Waals surface area contributed by atoms with E-state index in [-0.39, 0.29) is 17.9 Å². The summed E-state index contributed by atoms with van der Waals surface area (Å²) in [6, 6.07) is 13.8. The minimum atomic E-state index is -1.54. The third-order valence-corrected chi connectivity index (χ3v) is 6.09. The quantitative estimate of drug-likeness (QED) is 0.103. The summed E-state index contributed by atoms with van der Waals surface area (Å²) in [5.41, 5.74) is 2.15. The lowest BCUT2D eigenvalue weighted by atomic mass is 10.1. The third kappa shape index (κ3) is 14.1.